The summed E-state index contributed by atoms with van der Waals surface area (Å²) in [6.45, 7) is 3.39. The number of benzene rings is 1. The zero-order valence-electron chi connectivity index (χ0n) is 12.3. The van der Waals surface area contributed by atoms with Crippen molar-refractivity contribution in [2.45, 2.75) is 20.0 Å². The van der Waals surface area contributed by atoms with Crippen LogP contribution in [0.1, 0.15) is 33.3 Å². The first-order valence-corrected chi connectivity index (χ1v) is 7.76. The summed E-state index contributed by atoms with van der Waals surface area (Å²) in [5.41, 5.74) is 1.28. The molecule has 4 nitrogen and oxygen atoms in total. The molecule has 23 heavy (non-hydrogen) atoms. The molecular weight excluding hydrogens is 361 g/mol. The number of aryl methyl sites for hydroxylation is 1. The van der Waals surface area contributed by atoms with Crippen molar-refractivity contribution in [3.05, 3.63) is 62.4 Å². The number of halogens is 3. The number of ether oxygens (including phenoxy) is 1. The van der Waals surface area contributed by atoms with Gasteiger partial charge in [-0.25, -0.2) is 9.78 Å². The first-order valence-electron chi connectivity index (χ1n) is 6.62. The molecule has 1 aromatic carbocycles. The predicted molar refractivity (Wildman–Crippen MR) is 89.7 cm³/mol. The van der Waals surface area contributed by atoms with E-state index in [0.717, 1.165) is 5.56 Å². The summed E-state index contributed by atoms with van der Waals surface area (Å²) in [6, 6.07) is 6.96. The fraction of sp³-hybridized carbons (Fsp3) is 0.188. The minimum absolute atomic E-state index is 0.00722. The minimum Gasteiger partial charge on any atom is -0.449 e. The Kier molecular flexibility index (Phi) is 5.63. The Balaban J connectivity index is 2.15. The van der Waals surface area contributed by atoms with Crippen LogP contribution in [-0.2, 0) is 4.74 Å². The molecule has 0 fully saturated rings. The predicted octanol–water partition coefficient (Wildman–Crippen LogP) is 4.78. The molecule has 0 aliphatic heterocycles. The second-order valence-corrected chi connectivity index (χ2v) is 6.02. The number of Topliss-reactive ketones (excluding diaryl/α,β-unsaturated/α-hetero) is 1. The SMILES string of the molecule is Cc1ccc(C(=O)C(C)OC(=O)c2ncc(Cl)c(Cl)c2Cl)cc1. The molecule has 0 saturated heterocycles. The fourth-order valence-electron chi connectivity index (χ4n) is 1.81. The van der Waals surface area contributed by atoms with Crippen LogP contribution in [0.2, 0.25) is 15.1 Å². The summed E-state index contributed by atoms with van der Waals surface area (Å²) < 4.78 is 5.12. The smallest absolute Gasteiger partial charge is 0.359 e. The van der Waals surface area contributed by atoms with Gasteiger partial charge in [0.1, 0.15) is 0 Å². The van der Waals surface area contributed by atoms with Crippen LogP contribution in [0.15, 0.2) is 30.5 Å². The van der Waals surface area contributed by atoms with E-state index < -0.39 is 12.1 Å². The maximum absolute atomic E-state index is 12.3. The third-order valence-corrected chi connectivity index (χ3v) is 4.34. The second-order valence-electron chi connectivity index (χ2n) is 4.86. The van der Waals surface area contributed by atoms with E-state index in [1.807, 2.05) is 6.92 Å². The molecule has 7 heteroatoms. The number of pyridine rings is 1. The first-order chi connectivity index (χ1) is 10.8. The summed E-state index contributed by atoms with van der Waals surface area (Å²) in [7, 11) is 0. The average Bonchev–Trinajstić information content (AvgIpc) is 2.52. The molecule has 0 bridgehead atoms. The van der Waals surface area contributed by atoms with E-state index >= 15 is 0 Å². The molecule has 2 rings (SSSR count). The number of ketones is 1. The van der Waals surface area contributed by atoms with E-state index in [1.54, 1.807) is 24.3 Å². The number of esters is 1. The molecule has 0 spiro atoms. The molecule has 1 unspecified atom stereocenters. The van der Waals surface area contributed by atoms with Gasteiger partial charge in [-0.05, 0) is 13.8 Å². The van der Waals surface area contributed by atoms with Gasteiger partial charge >= 0.3 is 5.97 Å². The van der Waals surface area contributed by atoms with Gasteiger partial charge in [-0.15, -0.1) is 0 Å². The Labute approximate surface area is 148 Å². The Morgan fingerprint density at radius 3 is 2.30 bits per heavy atom. The summed E-state index contributed by atoms with van der Waals surface area (Å²) in [4.78, 5) is 28.2. The monoisotopic (exact) mass is 371 g/mol. The quantitative estimate of drug-likeness (QED) is 0.572. The number of hydrogen-bond donors (Lipinski definition) is 0. The maximum Gasteiger partial charge on any atom is 0.359 e. The molecule has 0 radical (unpaired) electrons. The highest BCUT2D eigenvalue weighted by molar-refractivity contribution is 6.48. The number of carbonyl (C=O) groups excluding carboxylic acids is 2. The van der Waals surface area contributed by atoms with Crippen LogP contribution in [0.4, 0.5) is 0 Å². The Morgan fingerprint density at radius 2 is 1.70 bits per heavy atom. The summed E-state index contributed by atoms with van der Waals surface area (Å²) in [5.74, 6) is -1.17. The lowest BCUT2D eigenvalue weighted by Gasteiger charge is -2.13. The van der Waals surface area contributed by atoms with Crippen molar-refractivity contribution in [2.24, 2.45) is 0 Å². The van der Waals surface area contributed by atoms with E-state index in [0.29, 0.717) is 5.56 Å². The van der Waals surface area contributed by atoms with Gasteiger partial charge in [0.25, 0.3) is 0 Å². The van der Waals surface area contributed by atoms with Gasteiger partial charge < -0.3 is 4.74 Å². The lowest BCUT2D eigenvalue weighted by molar-refractivity contribution is 0.0313. The summed E-state index contributed by atoms with van der Waals surface area (Å²) in [5, 5.41) is 0.0175. The molecule has 1 heterocycles. The van der Waals surface area contributed by atoms with Gasteiger partial charge in [0, 0.05) is 11.8 Å². The Bertz CT molecular complexity index is 760. The van der Waals surface area contributed by atoms with E-state index in [2.05, 4.69) is 4.98 Å². The van der Waals surface area contributed by atoms with E-state index in [1.165, 1.54) is 13.1 Å². The number of aromatic nitrogens is 1. The molecule has 0 saturated carbocycles. The molecule has 120 valence electrons. The molecule has 0 N–H and O–H groups in total. The lowest BCUT2D eigenvalue weighted by atomic mass is 10.1. The Morgan fingerprint density at radius 1 is 1.09 bits per heavy atom. The highest BCUT2D eigenvalue weighted by Gasteiger charge is 2.24. The summed E-state index contributed by atoms with van der Waals surface area (Å²) >= 11 is 17.5. The number of carbonyl (C=O) groups is 2. The maximum atomic E-state index is 12.3. The van der Waals surface area contributed by atoms with Gasteiger partial charge in [0.15, 0.2) is 11.8 Å². The third-order valence-electron chi connectivity index (χ3n) is 3.10. The normalized spacial score (nSPS) is 11.9. The van der Waals surface area contributed by atoms with Gasteiger partial charge in [-0.1, -0.05) is 64.6 Å². The fourth-order valence-corrected chi connectivity index (χ4v) is 2.37. The van der Waals surface area contributed by atoms with Crippen molar-refractivity contribution in [3.8, 4) is 0 Å². The van der Waals surface area contributed by atoms with Crippen molar-refractivity contribution in [3.63, 3.8) is 0 Å². The Hall–Kier alpha value is -1.62. The zero-order valence-corrected chi connectivity index (χ0v) is 14.5. The van der Waals surface area contributed by atoms with Gasteiger partial charge in [0.2, 0.25) is 5.78 Å². The van der Waals surface area contributed by atoms with Crippen molar-refractivity contribution >= 4 is 46.6 Å². The van der Waals surface area contributed by atoms with Crippen LogP contribution < -0.4 is 0 Å². The van der Waals surface area contributed by atoms with Gasteiger partial charge in [0.05, 0.1) is 15.1 Å². The first kappa shape index (κ1) is 17.7. The van der Waals surface area contributed by atoms with Crippen LogP contribution in [0.25, 0.3) is 0 Å². The van der Waals surface area contributed by atoms with Crippen LogP contribution in [-0.4, -0.2) is 22.8 Å². The second kappa shape index (κ2) is 7.30. The molecule has 0 aliphatic carbocycles. The van der Waals surface area contributed by atoms with E-state index in [9.17, 15) is 9.59 Å². The molecule has 1 aromatic heterocycles. The average molecular weight is 373 g/mol. The number of rotatable bonds is 4. The van der Waals surface area contributed by atoms with Crippen LogP contribution >= 0.6 is 34.8 Å². The van der Waals surface area contributed by atoms with Crippen molar-refractivity contribution in [1.29, 1.82) is 0 Å². The van der Waals surface area contributed by atoms with Crippen molar-refractivity contribution < 1.29 is 14.3 Å². The highest BCUT2D eigenvalue weighted by atomic mass is 35.5. The van der Waals surface area contributed by atoms with E-state index in [4.69, 9.17) is 39.5 Å². The van der Waals surface area contributed by atoms with Crippen molar-refractivity contribution in [2.75, 3.05) is 0 Å². The number of nitrogens with zero attached hydrogens (tertiary/aromatic N) is 1. The molecule has 0 amide bonds. The number of hydrogen-bond acceptors (Lipinski definition) is 4. The molecular formula is C16H12Cl3NO3. The third kappa shape index (κ3) is 4.02. The van der Waals surface area contributed by atoms with E-state index in [-0.39, 0.29) is 26.5 Å². The van der Waals surface area contributed by atoms with Crippen LogP contribution in [0.5, 0.6) is 0 Å². The van der Waals surface area contributed by atoms with Gasteiger partial charge in [-0.2, -0.15) is 0 Å². The zero-order chi connectivity index (χ0) is 17.1. The lowest BCUT2D eigenvalue weighted by Crippen LogP contribution is -2.25. The van der Waals surface area contributed by atoms with Crippen molar-refractivity contribution in [1.82, 2.24) is 4.98 Å². The highest BCUT2D eigenvalue weighted by Crippen LogP contribution is 2.31. The minimum atomic E-state index is -0.988. The van der Waals surface area contributed by atoms with Gasteiger partial charge in [-0.3, -0.25) is 4.79 Å². The molecule has 1 atom stereocenters. The largest absolute Gasteiger partial charge is 0.449 e. The molecule has 0 aliphatic rings. The van der Waals surface area contributed by atoms with Crippen LogP contribution in [0.3, 0.4) is 0 Å². The van der Waals surface area contributed by atoms with Crippen LogP contribution in [0, 0.1) is 6.92 Å². The standard InChI is InChI=1S/C16H12Cl3NO3/c1-8-3-5-10(6-4-8)15(21)9(2)23-16(22)14-13(19)12(18)11(17)7-20-14/h3-7,9H,1-2H3. The topological polar surface area (TPSA) is 56.3 Å². The molecule has 2 aromatic rings. The summed E-state index contributed by atoms with van der Waals surface area (Å²) in [6.07, 6.45) is 0.205.